The van der Waals surface area contributed by atoms with Gasteiger partial charge >= 0.3 is 11.9 Å². The number of aromatic hydroxyl groups is 1. The molecule has 34 heavy (non-hydrogen) atoms. The molecule has 5 rings (SSSR count). The molecule has 174 valence electrons. The molecule has 7 nitrogen and oxygen atoms in total. The number of imidazole rings is 1. The first-order valence-electron chi connectivity index (χ1n) is 9.96. The highest BCUT2D eigenvalue weighted by Crippen LogP contribution is 2.49. The van der Waals surface area contributed by atoms with E-state index in [2.05, 4.69) is 0 Å². The van der Waals surface area contributed by atoms with Crippen molar-refractivity contribution in [3.05, 3.63) is 80.9 Å². The molecule has 0 saturated carbocycles. The normalized spacial score (nSPS) is 18.8. The molecule has 2 unspecified atom stereocenters. The van der Waals surface area contributed by atoms with Crippen molar-refractivity contribution in [1.29, 1.82) is 5.26 Å². The second kappa shape index (κ2) is 7.18. The van der Waals surface area contributed by atoms with E-state index in [1.165, 1.54) is 15.5 Å². The van der Waals surface area contributed by atoms with Crippen molar-refractivity contribution in [2.45, 2.75) is 24.7 Å². The second-order valence-electron chi connectivity index (χ2n) is 8.06. The molecule has 2 bridgehead atoms. The van der Waals surface area contributed by atoms with Crippen molar-refractivity contribution in [2.75, 3.05) is 6.54 Å². The summed E-state index contributed by atoms with van der Waals surface area (Å²) in [5, 5.41) is 19.8. The summed E-state index contributed by atoms with van der Waals surface area (Å²) < 4.78 is 69.2. The van der Waals surface area contributed by atoms with E-state index in [0.29, 0.717) is 16.7 Å². The van der Waals surface area contributed by atoms with Gasteiger partial charge in [0.15, 0.2) is 0 Å². The Morgan fingerprint density at radius 3 is 2.41 bits per heavy atom. The zero-order valence-electron chi connectivity index (χ0n) is 17.0. The SMILES string of the molecule is N#Cc1ccc(-n2c(O)c3n(c2=O)C2CC3N(C(=O)c3cc(F)cc(F)c3)C2)cc1C(F)(F)F. The van der Waals surface area contributed by atoms with Crippen LogP contribution < -0.4 is 5.69 Å². The molecular weight excluding hydrogens is 463 g/mol. The maximum atomic E-state index is 13.6. The van der Waals surface area contributed by atoms with Gasteiger partial charge in [0, 0.05) is 18.2 Å². The van der Waals surface area contributed by atoms with Gasteiger partial charge in [0.2, 0.25) is 5.88 Å². The Morgan fingerprint density at radius 1 is 1.12 bits per heavy atom. The van der Waals surface area contributed by atoms with Crippen LogP contribution in [0.2, 0.25) is 0 Å². The average molecular weight is 476 g/mol. The predicted octanol–water partition coefficient (Wildman–Crippen LogP) is 3.66. The highest BCUT2D eigenvalue weighted by Gasteiger charge is 2.49. The van der Waals surface area contributed by atoms with Crippen LogP contribution in [0.15, 0.2) is 41.2 Å². The van der Waals surface area contributed by atoms with Crippen molar-refractivity contribution >= 4 is 5.91 Å². The Kier molecular flexibility index (Phi) is 4.58. The summed E-state index contributed by atoms with van der Waals surface area (Å²) in [7, 11) is 0. The quantitative estimate of drug-likeness (QED) is 0.572. The molecule has 2 aromatic carbocycles. The fourth-order valence-corrected chi connectivity index (χ4v) is 4.75. The van der Waals surface area contributed by atoms with Gasteiger partial charge in [0.05, 0.1) is 35.0 Å². The standard InChI is InChI=1S/C22H13F5N4O3/c23-12-3-11(4-13(24)5-12)19(32)29-9-15-7-17(29)18-20(33)31(21(34)30(15)18)14-2-1-10(8-28)16(6-14)22(25,26)27/h1-6,15,17,33H,7,9H2. The molecule has 0 radical (unpaired) electrons. The number of carbonyl (C=O) groups excluding carboxylic acids is 1. The Bertz CT molecular complexity index is 1450. The monoisotopic (exact) mass is 476 g/mol. The highest BCUT2D eigenvalue weighted by molar-refractivity contribution is 5.95. The molecule has 0 aliphatic carbocycles. The molecule has 0 spiro atoms. The van der Waals surface area contributed by atoms with E-state index in [-0.39, 0.29) is 29.9 Å². The van der Waals surface area contributed by atoms with Crippen LogP contribution in [0.4, 0.5) is 22.0 Å². The third kappa shape index (κ3) is 3.07. The summed E-state index contributed by atoms with van der Waals surface area (Å²) in [6.45, 7) is 0.0131. The van der Waals surface area contributed by atoms with Crippen molar-refractivity contribution in [3.8, 4) is 17.6 Å². The van der Waals surface area contributed by atoms with Crippen LogP contribution in [0, 0.1) is 23.0 Å². The number of hydrogen-bond donors (Lipinski definition) is 1. The van der Waals surface area contributed by atoms with E-state index in [1.54, 1.807) is 0 Å². The number of hydrogen-bond acceptors (Lipinski definition) is 4. The van der Waals surface area contributed by atoms with Crippen LogP contribution in [-0.4, -0.2) is 31.6 Å². The molecular formula is C22H13F5N4O3. The third-order valence-corrected chi connectivity index (χ3v) is 6.12. The number of alkyl halides is 3. The van der Waals surface area contributed by atoms with Crippen LogP contribution >= 0.6 is 0 Å². The zero-order chi connectivity index (χ0) is 24.5. The number of aromatic nitrogens is 2. The zero-order valence-corrected chi connectivity index (χ0v) is 17.0. The van der Waals surface area contributed by atoms with Gasteiger partial charge in [-0.2, -0.15) is 18.4 Å². The van der Waals surface area contributed by atoms with Gasteiger partial charge in [-0.15, -0.1) is 0 Å². The van der Waals surface area contributed by atoms with Gasteiger partial charge in [0.1, 0.15) is 17.3 Å². The third-order valence-electron chi connectivity index (χ3n) is 6.12. The van der Waals surface area contributed by atoms with Crippen LogP contribution in [0.5, 0.6) is 5.88 Å². The largest absolute Gasteiger partial charge is 0.493 e. The molecule has 1 fully saturated rings. The lowest BCUT2D eigenvalue weighted by Gasteiger charge is -2.27. The summed E-state index contributed by atoms with van der Waals surface area (Å²) in [4.78, 5) is 27.2. The van der Waals surface area contributed by atoms with Crippen LogP contribution in [0.3, 0.4) is 0 Å². The van der Waals surface area contributed by atoms with E-state index in [1.807, 2.05) is 0 Å². The molecule has 1 amide bonds. The van der Waals surface area contributed by atoms with E-state index >= 15 is 0 Å². The Balaban J connectivity index is 1.58. The lowest BCUT2D eigenvalue weighted by molar-refractivity contribution is -0.137. The average Bonchev–Trinajstić information content (AvgIpc) is 3.43. The van der Waals surface area contributed by atoms with E-state index in [9.17, 15) is 36.6 Å². The molecule has 1 N–H and O–H groups in total. The minimum atomic E-state index is -4.87. The van der Waals surface area contributed by atoms with Crippen molar-refractivity contribution in [1.82, 2.24) is 14.0 Å². The smallest absolute Gasteiger partial charge is 0.417 e. The Labute approximate surface area is 187 Å². The number of amides is 1. The van der Waals surface area contributed by atoms with Gasteiger partial charge in [-0.25, -0.2) is 18.1 Å². The first-order valence-corrected chi connectivity index (χ1v) is 9.96. The summed E-state index contributed by atoms with van der Waals surface area (Å²) in [5.74, 6) is -3.26. The van der Waals surface area contributed by atoms with Gasteiger partial charge in [0.25, 0.3) is 5.91 Å². The number of fused-ring (bicyclic) bond motifs is 5. The molecule has 3 heterocycles. The molecule has 12 heteroatoms. The number of carbonyl (C=O) groups is 1. The number of rotatable bonds is 2. The second-order valence-corrected chi connectivity index (χ2v) is 8.06. The molecule has 2 atom stereocenters. The summed E-state index contributed by atoms with van der Waals surface area (Å²) >= 11 is 0. The molecule has 1 saturated heterocycles. The van der Waals surface area contributed by atoms with E-state index < -0.39 is 58.5 Å². The van der Waals surface area contributed by atoms with Crippen molar-refractivity contribution in [2.24, 2.45) is 0 Å². The van der Waals surface area contributed by atoms with E-state index in [0.717, 1.165) is 24.3 Å². The van der Waals surface area contributed by atoms with Crippen molar-refractivity contribution in [3.63, 3.8) is 0 Å². The first-order chi connectivity index (χ1) is 16.0. The summed E-state index contributed by atoms with van der Waals surface area (Å²) in [5.41, 5.74) is -3.25. The Hall–Kier alpha value is -4.14. The van der Waals surface area contributed by atoms with Gasteiger partial charge in [-0.3, -0.25) is 9.36 Å². The lowest BCUT2D eigenvalue weighted by atomic mass is 10.1. The molecule has 2 aliphatic rings. The first kappa shape index (κ1) is 21.7. The summed E-state index contributed by atoms with van der Waals surface area (Å²) in [6, 6.07) is 4.98. The van der Waals surface area contributed by atoms with Gasteiger partial charge < -0.3 is 10.0 Å². The number of halogens is 5. The fraction of sp³-hybridized carbons (Fsp3) is 0.227. The molecule has 3 aromatic rings. The maximum absolute atomic E-state index is 13.6. The molecule has 1 aromatic heterocycles. The predicted molar refractivity (Wildman–Crippen MR) is 105 cm³/mol. The summed E-state index contributed by atoms with van der Waals surface area (Å²) in [6.07, 6.45) is -4.62. The van der Waals surface area contributed by atoms with Crippen LogP contribution in [-0.2, 0) is 6.18 Å². The minimum Gasteiger partial charge on any atom is -0.493 e. The highest BCUT2D eigenvalue weighted by atomic mass is 19.4. The number of nitrogens with zero attached hydrogens (tertiary/aromatic N) is 4. The van der Waals surface area contributed by atoms with Crippen molar-refractivity contribution < 1.29 is 31.9 Å². The molecule has 2 aliphatic heterocycles. The van der Waals surface area contributed by atoms with Gasteiger partial charge in [-0.1, -0.05) is 0 Å². The number of likely N-dealkylation sites (tertiary alicyclic amines) is 1. The maximum Gasteiger partial charge on any atom is 0.417 e. The van der Waals surface area contributed by atoms with E-state index in [4.69, 9.17) is 5.26 Å². The Morgan fingerprint density at radius 2 is 1.79 bits per heavy atom. The fourth-order valence-electron chi connectivity index (χ4n) is 4.75. The lowest BCUT2D eigenvalue weighted by Crippen LogP contribution is -2.37. The number of benzene rings is 2. The van der Waals surface area contributed by atoms with Crippen LogP contribution in [0.1, 0.15) is 45.7 Å². The minimum absolute atomic E-state index is 0.0131. The van der Waals surface area contributed by atoms with Crippen LogP contribution in [0.25, 0.3) is 5.69 Å². The van der Waals surface area contributed by atoms with Gasteiger partial charge in [-0.05, 0) is 36.8 Å². The number of nitriles is 1. The topological polar surface area (TPSA) is 91.3 Å².